The van der Waals surface area contributed by atoms with Gasteiger partial charge in [0, 0.05) is 37.9 Å². The van der Waals surface area contributed by atoms with Gasteiger partial charge < -0.3 is 15.1 Å². The number of carbonyl (C=O) groups excluding carboxylic acids is 2. The lowest BCUT2D eigenvalue weighted by atomic mass is 10.2. The monoisotopic (exact) mass is 371 g/mol. The fourth-order valence-corrected chi connectivity index (χ4v) is 2.82. The summed E-state index contributed by atoms with van der Waals surface area (Å²) in [5, 5.41) is 2.76. The Morgan fingerprint density at radius 3 is 2.00 bits per heavy atom. The summed E-state index contributed by atoms with van der Waals surface area (Å²) in [5.41, 5.74) is 2.55. The number of amides is 2. The van der Waals surface area contributed by atoms with Crippen LogP contribution in [0.5, 0.6) is 0 Å². The van der Waals surface area contributed by atoms with Gasteiger partial charge in [0.15, 0.2) is 0 Å². The highest BCUT2D eigenvalue weighted by molar-refractivity contribution is 5.97. The maximum Gasteiger partial charge on any atom is 0.240 e. The van der Waals surface area contributed by atoms with Gasteiger partial charge in [-0.1, -0.05) is 12.1 Å². The lowest BCUT2D eigenvalue weighted by molar-refractivity contribution is -0.123. The van der Waals surface area contributed by atoms with Crippen LogP contribution in [0.3, 0.4) is 0 Å². The van der Waals surface area contributed by atoms with Crippen molar-refractivity contribution in [1.82, 2.24) is 5.32 Å². The number of carbonyl (C=O) groups is 2. The molecule has 0 aliphatic heterocycles. The molecule has 2 aromatic carbocycles. The maximum absolute atomic E-state index is 12.9. The molecule has 0 heterocycles. The number of anilines is 2. The molecule has 2 amide bonds. The Balaban J connectivity index is 2.00. The Labute approximate surface area is 159 Å². The van der Waals surface area contributed by atoms with Crippen molar-refractivity contribution >= 4 is 23.2 Å². The molecule has 0 fully saturated rings. The van der Waals surface area contributed by atoms with E-state index in [2.05, 4.69) is 24.1 Å². The number of nitrogens with zero attached hydrogens (tertiary/aromatic N) is 2. The van der Waals surface area contributed by atoms with Crippen LogP contribution in [0.15, 0.2) is 48.5 Å². The molecule has 6 heteroatoms. The average Bonchev–Trinajstić information content (AvgIpc) is 2.67. The Morgan fingerprint density at radius 1 is 0.926 bits per heavy atom. The fraction of sp³-hybridized carbons (Fsp3) is 0.333. The normalized spacial score (nSPS) is 10.4. The van der Waals surface area contributed by atoms with Gasteiger partial charge in [0.25, 0.3) is 0 Å². The van der Waals surface area contributed by atoms with E-state index in [0.717, 1.165) is 24.3 Å². The number of hydrogen-bond acceptors (Lipinski definition) is 3. The van der Waals surface area contributed by atoms with Gasteiger partial charge in [-0.2, -0.15) is 0 Å². The maximum atomic E-state index is 12.9. The van der Waals surface area contributed by atoms with Crippen LogP contribution in [-0.4, -0.2) is 31.4 Å². The van der Waals surface area contributed by atoms with Crippen LogP contribution in [-0.2, 0) is 16.1 Å². The summed E-state index contributed by atoms with van der Waals surface area (Å²) in [6.07, 6.45) is 0. The molecule has 0 aliphatic rings. The molecular weight excluding hydrogens is 345 g/mol. The van der Waals surface area contributed by atoms with Crippen molar-refractivity contribution in [2.75, 3.05) is 29.4 Å². The zero-order valence-electron chi connectivity index (χ0n) is 16.0. The first-order valence-electron chi connectivity index (χ1n) is 9.08. The van der Waals surface area contributed by atoms with Crippen LogP contribution in [0.2, 0.25) is 0 Å². The van der Waals surface area contributed by atoms with Gasteiger partial charge >= 0.3 is 0 Å². The van der Waals surface area contributed by atoms with Crippen molar-refractivity contribution in [3.8, 4) is 0 Å². The van der Waals surface area contributed by atoms with E-state index in [-0.39, 0.29) is 30.7 Å². The molecule has 0 atom stereocenters. The van der Waals surface area contributed by atoms with Gasteiger partial charge in [-0.3, -0.25) is 9.59 Å². The molecule has 0 saturated carbocycles. The number of halogens is 1. The van der Waals surface area contributed by atoms with E-state index in [9.17, 15) is 14.0 Å². The number of nitrogens with one attached hydrogen (secondary N) is 1. The number of hydrogen-bond donors (Lipinski definition) is 1. The summed E-state index contributed by atoms with van der Waals surface area (Å²) in [6.45, 7) is 7.63. The van der Waals surface area contributed by atoms with Gasteiger partial charge in [-0.25, -0.2) is 4.39 Å². The lowest BCUT2D eigenvalue weighted by Gasteiger charge is -2.24. The van der Waals surface area contributed by atoms with E-state index in [1.807, 2.05) is 24.3 Å². The molecule has 0 aliphatic carbocycles. The zero-order chi connectivity index (χ0) is 19.8. The van der Waals surface area contributed by atoms with Crippen molar-refractivity contribution in [2.24, 2.45) is 0 Å². The smallest absolute Gasteiger partial charge is 0.240 e. The molecule has 0 aromatic heterocycles. The third kappa shape index (κ3) is 5.81. The first-order chi connectivity index (χ1) is 12.9. The average molecular weight is 371 g/mol. The van der Waals surface area contributed by atoms with Crippen LogP contribution in [0.1, 0.15) is 26.3 Å². The molecule has 0 unspecified atom stereocenters. The van der Waals surface area contributed by atoms with Crippen molar-refractivity contribution in [1.29, 1.82) is 0 Å². The molecule has 144 valence electrons. The van der Waals surface area contributed by atoms with E-state index in [4.69, 9.17) is 0 Å². The summed E-state index contributed by atoms with van der Waals surface area (Å²) in [6, 6.07) is 13.5. The summed E-state index contributed by atoms with van der Waals surface area (Å²) in [7, 11) is 0. The minimum absolute atomic E-state index is 0.0683. The van der Waals surface area contributed by atoms with E-state index < -0.39 is 0 Å². The summed E-state index contributed by atoms with van der Waals surface area (Å²) < 4.78 is 12.9. The second-order valence-corrected chi connectivity index (χ2v) is 6.20. The Kier molecular flexibility index (Phi) is 7.34. The molecular formula is C21H26FN3O2. The van der Waals surface area contributed by atoms with Crippen LogP contribution >= 0.6 is 0 Å². The second-order valence-electron chi connectivity index (χ2n) is 6.20. The van der Waals surface area contributed by atoms with Crippen molar-refractivity contribution in [3.05, 3.63) is 59.9 Å². The summed E-state index contributed by atoms with van der Waals surface area (Å²) >= 11 is 0. The van der Waals surface area contributed by atoms with Crippen molar-refractivity contribution in [3.63, 3.8) is 0 Å². The molecule has 2 rings (SSSR count). The molecule has 27 heavy (non-hydrogen) atoms. The fourth-order valence-electron chi connectivity index (χ4n) is 2.82. The third-order valence-electron chi connectivity index (χ3n) is 4.37. The van der Waals surface area contributed by atoms with Crippen molar-refractivity contribution in [2.45, 2.75) is 27.3 Å². The highest BCUT2D eigenvalue weighted by atomic mass is 19.1. The Hall–Kier alpha value is -2.89. The van der Waals surface area contributed by atoms with Gasteiger partial charge in [-0.05, 0) is 55.8 Å². The van der Waals surface area contributed by atoms with Gasteiger partial charge in [0.2, 0.25) is 11.8 Å². The number of benzene rings is 2. The molecule has 2 aromatic rings. The van der Waals surface area contributed by atoms with E-state index in [1.165, 1.54) is 24.0 Å². The third-order valence-corrected chi connectivity index (χ3v) is 4.37. The molecule has 5 nitrogen and oxygen atoms in total. The molecule has 0 spiro atoms. The topological polar surface area (TPSA) is 52.6 Å². The minimum atomic E-state index is -0.319. The largest absolute Gasteiger partial charge is 0.372 e. The second kappa shape index (κ2) is 9.71. The molecule has 0 radical (unpaired) electrons. The SMILES string of the molecule is CCN(CC)c1ccc(N(CC(=O)NCc2ccc(F)cc2)C(C)=O)cc1. The first-order valence-corrected chi connectivity index (χ1v) is 9.08. The van der Waals surface area contributed by atoms with Crippen molar-refractivity contribution < 1.29 is 14.0 Å². The molecule has 0 saturated heterocycles. The van der Waals surface area contributed by atoms with E-state index in [0.29, 0.717) is 5.69 Å². The highest BCUT2D eigenvalue weighted by Gasteiger charge is 2.16. The summed E-state index contributed by atoms with van der Waals surface area (Å²) in [5.74, 6) is -0.800. The Morgan fingerprint density at radius 2 is 1.48 bits per heavy atom. The number of rotatable bonds is 8. The first kappa shape index (κ1) is 20.4. The quantitative estimate of drug-likeness (QED) is 0.774. The lowest BCUT2D eigenvalue weighted by Crippen LogP contribution is -2.39. The summed E-state index contributed by atoms with van der Waals surface area (Å²) in [4.78, 5) is 27.9. The molecule has 1 N–H and O–H groups in total. The van der Waals surface area contributed by atoms with Gasteiger partial charge in [0.05, 0.1) is 0 Å². The predicted molar refractivity (Wildman–Crippen MR) is 106 cm³/mol. The molecule has 0 bridgehead atoms. The zero-order valence-corrected chi connectivity index (χ0v) is 16.0. The van der Waals surface area contributed by atoms with E-state index in [1.54, 1.807) is 12.1 Å². The van der Waals surface area contributed by atoms with Crippen LogP contribution in [0.25, 0.3) is 0 Å². The highest BCUT2D eigenvalue weighted by Crippen LogP contribution is 2.21. The van der Waals surface area contributed by atoms with E-state index >= 15 is 0 Å². The van der Waals surface area contributed by atoms with Gasteiger partial charge in [0.1, 0.15) is 12.4 Å². The van der Waals surface area contributed by atoms with Crippen LogP contribution in [0, 0.1) is 5.82 Å². The standard InChI is InChI=1S/C21H26FN3O2/c1-4-24(5-2)19-10-12-20(13-11-19)25(16(3)26)15-21(27)23-14-17-6-8-18(22)9-7-17/h6-13H,4-5,14-15H2,1-3H3,(H,23,27). The minimum Gasteiger partial charge on any atom is -0.372 e. The van der Waals surface area contributed by atoms with Crippen LogP contribution < -0.4 is 15.1 Å². The van der Waals surface area contributed by atoms with Crippen LogP contribution in [0.4, 0.5) is 15.8 Å². The Bertz CT molecular complexity index is 756. The predicted octanol–water partition coefficient (Wildman–Crippen LogP) is 3.34. The van der Waals surface area contributed by atoms with Gasteiger partial charge in [-0.15, -0.1) is 0 Å².